The number of thiocarbonyl (C=S) groups is 1. The fourth-order valence-corrected chi connectivity index (χ4v) is 4.66. The van der Waals surface area contributed by atoms with E-state index >= 15 is 0 Å². The number of hydrogen-bond donors (Lipinski definition) is 2. The Hall–Kier alpha value is -2.52. The van der Waals surface area contributed by atoms with Crippen molar-refractivity contribution < 1.29 is 9.59 Å². The van der Waals surface area contributed by atoms with Gasteiger partial charge in [-0.15, -0.1) is 0 Å². The third-order valence-electron chi connectivity index (χ3n) is 4.63. The zero-order valence-electron chi connectivity index (χ0n) is 16.2. The first kappa shape index (κ1) is 21.7. The number of hydrazine groups is 1. The van der Waals surface area contributed by atoms with Crippen LogP contribution < -0.4 is 10.7 Å². The molecular weight excluding hydrogens is 475 g/mol. The van der Waals surface area contributed by atoms with Gasteiger partial charge in [-0.3, -0.25) is 4.79 Å². The number of aryl methyl sites for hydroxylation is 1. The van der Waals surface area contributed by atoms with Crippen LogP contribution in [0.25, 0.3) is 17.0 Å². The molecule has 0 aliphatic carbocycles. The molecule has 0 atom stereocenters. The van der Waals surface area contributed by atoms with Gasteiger partial charge in [-0.1, -0.05) is 53.2 Å². The Morgan fingerprint density at radius 2 is 1.97 bits per heavy atom. The molecule has 31 heavy (non-hydrogen) atoms. The fourth-order valence-electron chi connectivity index (χ4n) is 3.19. The van der Waals surface area contributed by atoms with Crippen LogP contribution in [0.1, 0.15) is 12.5 Å². The second-order valence-corrected chi connectivity index (χ2v) is 9.09. The first-order chi connectivity index (χ1) is 14.9. The molecule has 2 heterocycles. The predicted molar refractivity (Wildman–Crippen MR) is 131 cm³/mol. The summed E-state index contributed by atoms with van der Waals surface area (Å²) in [6, 6.07) is 12.0. The van der Waals surface area contributed by atoms with Gasteiger partial charge in [0.15, 0.2) is 4.32 Å². The van der Waals surface area contributed by atoms with Crippen LogP contribution in [0.4, 0.5) is 10.5 Å². The van der Waals surface area contributed by atoms with Gasteiger partial charge in [0.25, 0.3) is 5.91 Å². The van der Waals surface area contributed by atoms with Gasteiger partial charge >= 0.3 is 6.03 Å². The van der Waals surface area contributed by atoms with Crippen LogP contribution in [0.5, 0.6) is 0 Å². The summed E-state index contributed by atoms with van der Waals surface area (Å²) >= 11 is 18.3. The van der Waals surface area contributed by atoms with E-state index in [1.54, 1.807) is 18.2 Å². The lowest BCUT2D eigenvalue weighted by atomic mass is 10.1. The maximum absolute atomic E-state index is 12.9. The second kappa shape index (κ2) is 8.92. The molecule has 1 aromatic heterocycles. The van der Waals surface area contributed by atoms with E-state index in [-0.39, 0.29) is 4.32 Å². The lowest BCUT2D eigenvalue weighted by Gasteiger charge is -2.16. The van der Waals surface area contributed by atoms with Crippen molar-refractivity contribution in [2.24, 2.45) is 0 Å². The minimum Gasteiger partial charge on any atom is -0.347 e. The van der Waals surface area contributed by atoms with Crippen molar-refractivity contribution in [2.45, 2.75) is 13.5 Å². The Kier molecular flexibility index (Phi) is 6.24. The third kappa shape index (κ3) is 4.43. The molecule has 2 aromatic carbocycles. The Morgan fingerprint density at radius 3 is 2.71 bits per heavy atom. The molecule has 158 valence electrons. The number of amides is 3. The largest absolute Gasteiger partial charge is 0.347 e. The average Bonchev–Trinajstić information content (AvgIpc) is 3.23. The lowest BCUT2D eigenvalue weighted by molar-refractivity contribution is -0.123. The number of urea groups is 1. The minimum absolute atomic E-state index is 0.236. The quantitative estimate of drug-likeness (QED) is 0.352. The Labute approximate surface area is 198 Å². The van der Waals surface area contributed by atoms with E-state index in [1.165, 1.54) is 6.07 Å². The van der Waals surface area contributed by atoms with Crippen molar-refractivity contribution in [2.75, 3.05) is 5.32 Å². The summed E-state index contributed by atoms with van der Waals surface area (Å²) in [5.41, 5.74) is 4.91. The molecule has 0 unspecified atom stereocenters. The van der Waals surface area contributed by atoms with Crippen LogP contribution in [0.3, 0.4) is 0 Å². The normalized spacial score (nSPS) is 15.2. The summed E-state index contributed by atoms with van der Waals surface area (Å²) in [6.45, 7) is 2.87. The molecule has 2 N–H and O–H groups in total. The number of rotatable bonds is 4. The number of carbonyl (C=O) groups excluding carboxylic acids is 2. The number of nitrogens with zero attached hydrogens (tertiary/aromatic N) is 2. The van der Waals surface area contributed by atoms with Gasteiger partial charge in [0.05, 0.1) is 15.0 Å². The van der Waals surface area contributed by atoms with E-state index in [0.29, 0.717) is 20.6 Å². The molecule has 0 radical (unpaired) electrons. The SMILES string of the molecule is CCn1cc(/C=C2\SC(=S)N(NC(=O)Nc3ccc(Cl)c(Cl)c3)C2=O)c2ccccc21. The topological polar surface area (TPSA) is 66.4 Å². The van der Waals surface area contributed by atoms with E-state index in [4.69, 9.17) is 35.4 Å². The number of fused-ring (bicyclic) bond motifs is 1. The first-order valence-corrected chi connectivity index (χ1v) is 11.2. The maximum atomic E-state index is 12.9. The van der Waals surface area contributed by atoms with Gasteiger partial charge in [-0.25, -0.2) is 10.2 Å². The van der Waals surface area contributed by atoms with Gasteiger partial charge in [0.1, 0.15) is 0 Å². The van der Waals surface area contributed by atoms with Crippen molar-refractivity contribution in [1.82, 2.24) is 15.0 Å². The summed E-state index contributed by atoms with van der Waals surface area (Å²) in [5, 5.41) is 5.37. The van der Waals surface area contributed by atoms with E-state index < -0.39 is 11.9 Å². The van der Waals surface area contributed by atoms with Crippen molar-refractivity contribution >= 4 is 86.1 Å². The Balaban J connectivity index is 1.52. The second-order valence-electron chi connectivity index (χ2n) is 6.60. The van der Waals surface area contributed by atoms with E-state index in [2.05, 4.69) is 22.2 Å². The molecule has 10 heteroatoms. The number of halogens is 2. The highest BCUT2D eigenvalue weighted by Crippen LogP contribution is 2.33. The minimum atomic E-state index is -0.626. The molecule has 1 aliphatic rings. The number of nitrogens with one attached hydrogen (secondary N) is 2. The van der Waals surface area contributed by atoms with Crippen LogP contribution in [-0.4, -0.2) is 25.8 Å². The molecule has 6 nitrogen and oxygen atoms in total. The zero-order valence-corrected chi connectivity index (χ0v) is 19.3. The van der Waals surface area contributed by atoms with Crippen LogP contribution in [0.2, 0.25) is 10.0 Å². The molecule has 1 fully saturated rings. The van der Waals surface area contributed by atoms with E-state index in [0.717, 1.165) is 39.8 Å². The number of benzene rings is 2. The van der Waals surface area contributed by atoms with Crippen molar-refractivity contribution in [3.05, 3.63) is 69.2 Å². The molecule has 3 aromatic rings. The van der Waals surface area contributed by atoms with Gasteiger partial charge in [-0.05, 0) is 49.5 Å². The number of para-hydroxylation sites is 1. The Bertz CT molecular complexity index is 1260. The third-order valence-corrected chi connectivity index (χ3v) is 6.67. The summed E-state index contributed by atoms with van der Waals surface area (Å²) in [7, 11) is 0. The summed E-state index contributed by atoms with van der Waals surface area (Å²) < 4.78 is 2.35. The number of thioether (sulfide) groups is 1. The summed E-state index contributed by atoms with van der Waals surface area (Å²) in [6.07, 6.45) is 3.80. The number of anilines is 1. The van der Waals surface area contributed by atoms with Gasteiger partial charge in [-0.2, -0.15) is 5.01 Å². The fraction of sp³-hybridized carbons (Fsp3) is 0.0952. The number of aromatic nitrogens is 1. The van der Waals surface area contributed by atoms with Gasteiger partial charge < -0.3 is 9.88 Å². The monoisotopic (exact) mass is 490 g/mol. The molecule has 4 rings (SSSR count). The van der Waals surface area contributed by atoms with E-state index in [1.807, 2.05) is 30.5 Å². The highest BCUT2D eigenvalue weighted by atomic mass is 35.5. The molecule has 0 spiro atoms. The number of hydrogen-bond acceptors (Lipinski definition) is 4. The van der Waals surface area contributed by atoms with E-state index in [9.17, 15) is 9.59 Å². The molecular formula is C21H16Cl2N4O2S2. The molecule has 1 saturated heterocycles. The average molecular weight is 491 g/mol. The standard InChI is InChI=1S/C21H16Cl2N4O2S2/c1-2-26-11-12(14-5-3-4-6-17(14)26)9-18-19(28)27(21(30)31-18)25-20(29)24-13-7-8-15(22)16(23)10-13/h3-11H,2H2,1H3,(H2,24,25,29)/b18-9-. The lowest BCUT2D eigenvalue weighted by Crippen LogP contribution is -2.46. The summed E-state index contributed by atoms with van der Waals surface area (Å²) in [4.78, 5) is 25.7. The van der Waals surface area contributed by atoms with Gasteiger partial charge in [0.2, 0.25) is 0 Å². The predicted octanol–water partition coefficient (Wildman–Crippen LogP) is 5.91. The van der Waals surface area contributed by atoms with Crippen molar-refractivity contribution in [3.63, 3.8) is 0 Å². The molecule has 3 amide bonds. The first-order valence-electron chi connectivity index (χ1n) is 9.26. The van der Waals surface area contributed by atoms with Crippen molar-refractivity contribution in [3.8, 4) is 0 Å². The maximum Gasteiger partial charge on any atom is 0.338 e. The molecule has 0 saturated carbocycles. The highest BCUT2D eigenvalue weighted by molar-refractivity contribution is 8.26. The number of carbonyl (C=O) groups is 2. The highest BCUT2D eigenvalue weighted by Gasteiger charge is 2.34. The van der Waals surface area contributed by atoms with Crippen LogP contribution in [-0.2, 0) is 11.3 Å². The Morgan fingerprint density at radius 1 is 1.19 bits per heavy atom. The van der Waals surface area contributed by atoms with Crippen LogP contribution >= 0.6 is 47.2 Å². The van der Waals surface area contributed by atoms with Crippen molar-refractivity contribution in [1.29, 1.82) is 0 Å². The summed E-state index contributed by atoms with van der Waals surface area (Å²) in [5.74, 6) is -0.396. The molecule has 0 bridgehead atoms. The van der Waals surface area contributed by atoms with Crippen LogP contribution in [0, 0.1) is 0 Å². The van der Waals surface area contributed by atoms with Crippen LogP contribution in [0.15, 0.2) is 53.6 Å². The smallest absolute Gasteiger partial charge is 0.338 e. The zero-order chi connectivity index (χ0) is 22.1. The molecule has 1 aliphatic heterocycles. The van der Waals surface area contributed by atoms with Gasteiger partial charge in [0, 0.05) is 34.9 Å².